The molecule has 5 heteroatoms. The number of hydrogen-bond acceptors (Lipinski definition) is 5. The highest BCUT2D eigenvalue weighted by atomic mass is 32.1. The fraction of sp³-hybridized carbons (Fsp3) is 0.188. The predicted molar refractivity (Wildman–Crippen MR) is 87.1 cm³/mol. The van der Waals surface area contributed by atoms with Gasteiger partial charge >= 0.3 is 0 Å². The molecule has 0 amide bonds. The van der Waals surface area contributed by atoms with E-state index in [4.69, 9.17) is 4.74 Å². The number of hydrogen-bond donors (Lipinski definition) is 1. The van der Waals surface area contributed by atoms with Crippen LogP contribution in [0.25, 0.3) is 10.6 Å². The van der Waals surface area contributed by atoms with Gasteiger partial charge in [0, 0.05) is 5.38 Å². The van der Waals surface area contributed by atoms with E-state index in [0.717, 1.165) is 21.9 Å². The summed E-state index contributed by atoms with van der Waals surface area (Å²) in [5.41, 5.74) is 0.552. The molecule has 108 valence electrons. The summed E-state index contributed by atoms with van der Waals surface area (Å²) in [7, 11) is 1.62. The van der Waals surface area contributed by atoms with Crippen molar-refractivity contribution < 1.29 is 9.84 Å². The summed E-state index contributed by atoms with van der Waals surface area (Å²) in [6, 6.07) is 11.5. The van der Waals surface area contributed by atoms with Crippen molar-refractivity contribution in [2.24, 2.45) is 0 Å². The SMILES string of the molecule is COc1cccc(C(C)(O)c2nc(-c3cccs3)cs2)c1. The zero-order valence-electron chi connectivity index (χ0n) is 11.7. The first-order valence-electron chi connectivity index (χ1n) is 6.48. The molecule has 0 aliphatic rings. The van der Waals surface area contributed by atoms with Crippen molar-refractivity contribution in [1.82, 2.24) is 4.98 Å². The van der Waals surface area contributed by atoms with Crippen LogP contribution in [-0.2, 0) is 5.60 Å². The fourth-order valence-electron chi connectivity index (χ4n) is 2.08. The molecule has 3 aromatic rings. The van der Waals surface area contributed by atoms with Crippen molar-refractivity contribution in [3.63, 3.8) is 0 Å². The number of nitrogens with zero attached hydrogens (tertiary/aromatic N) is 1. The topological polar surface area (TPSA) is 42.4 Å². The average Bonchev–Trinajstić information content (AvgIpc) is 3.18. The average molecular weight is 317 g/mol. The molecule has 3 nitrogen and oxygen atoms in total. The van der Waals surface area contributed by atoms with E-state index < -0.39 is 5.60 Å². The molecule has 0 bridgehead atoms. The van der Waals surface area contributed by atoms with Crippen LogP contribution in [0.15, 0.2) is 47.2 Å². The van der Waals surface area contributed by atoms with Gasteiger partial charge in [-0.1, -0.05) is 18.2 Å². The first kappa shape index (κ1) is 14.3. The molecular weight excluding hydrogens is 302 g/mol. The van der Waals surface area contributed by atoms with Crippen molar-refractivity contribution in [1.29, 1.82) is 0 Å². The van der Waals surface area contributed by atoms with E-state index in [1.807, 2.05) is 47.2 Å². The number of aliphatic hydroxyl groups is 1. The maximum atomic E-state index is 10.9. The van der Waals surface area contributed by atoms with Gasteiger partial charge in [-0.25, -0.2) is 4.98 Å². The Morgan fingerprint density at radius 3 is 2.76 bits per heavy atom. The minimum Gasteiger partial charge on any atom is -0.497 e. The number of thiophene rings is 1. The van der Waals surface area contributed by atoms with E-state index in [0.29, 0.717) is 5.01 Å². The van der Waals surface area contributed by atoms with Crippen molar-refractivity contribution in [3.8, 4) is 16.3 Å². The molecule has 21 heavy (non-hydrogen) atoms. The summed E-state index contributed by atoms with van der Waals surface area (Å²) >= 11 is 3.11. The van der Waals surface area contributed by atoms with Crippen molar-refractivity contribution in [3.05, 3.63) is 57.7 Å². The lowest BCUT2D eigenvalue weighted by atomic mass is 9.96. The fourth-order valence-corrected chi connectivity index (χ4v) is 3.75. The van der Waals surface area contributed by atoms with Crippen molar-refractivity contribution in [2.45, 2.75) is 12.5 Å². The highest BCUT2D eigenvalue weighted by Crippen LogP contribution is 2.35. The second kappa shape index (κ2) is 5.60. The van der Waals surface area contributed by atoms with Crippen LogP contribution in [0.3, 0.4) is 0 Å². The lowest BCUT2D eigenvalue weighted by Gasteiger charge is -2.21. The third kappa shape index (κ3) is 2.72. The Bertz CT molecular complexity index is 732. The first-order valence-corrected chi connectivity index (χ1v) is 8.24. The quantitative estimate of drug-likeness (QED) is 0.786. The van der Waals surface area contributed by atoms with Gasteiger partial charge in [-0.15, -0.1) is 22.7 Å². The second-order valence-electron chi connectivity index (χ2n) is 4.82. The Morgan fingerprint density at radius 1 is 1.19 bits per heavy atom. The van der Waals surface area contributed by atoms with Crippen LogP contribution < -0.4 is 4.74 Å². The van der Waals surface area contributed by atoms with Gasteiger partial charge in [0.05, 0.1) is 17.7 Å². The molecule has 1 N–H and O–H groups in total. The largest absolute Gasteiger partial charge is 0.497 e. The number of methoxy groups -OCH3 is 1. The van der Waals surface area contributed by atoms with E-state index in [1.54, 1.807) is 25.4 Å². The number of benzene rings is 1. The van der Waals surface area contributed by atoms with Gasteiger partial charge in [-0.05, 0) is 36.1 Å². The Labute approximate surface area is 131 Å². The highest BCUT2D eigenvalue weighted by molar-refractivity contribution is 7.14. The summed E-state index contributed by atoms with van der Waals surface area (Å²) in [5, 5.41) is 15.6. The lowest BCUT2D eigenvalue weighted by molar-refractivity contribution is 0.102. The van der Waals surface area contributed by atoms with Gasteiger partial charge in [-0.3, -0.25) is 0 Å². The second-order valence-corrected chi connectivity index (χ2v) is 6.63. The van der Waals surface area contributed by atoms with E-state index in [-0.39, 0.29) is 0 Å². The third-order valence-electron chi connectivity index (χ3n) is 3.33. The van der Waals surface area contributed by atoms with Gasteiger partial charge in [0.2, 0.25) is 0 Å². The number of rotatable bonds is 4. The Kier molecular flexibility index (Phi) is 3.80. The smallest absolute Gasteiger partial charge is 0.138 e. The Balaban J connectivity index is 1.97. The van der Waals surface area contributed by atoms with E-state index in [9.17, 15) is 5.11 Å². The van der Waals surface area contributed by atoms with Crippen LogP contribution >= 0.6 is 22.7 Å². The van der Waals surface area contributed by atoms with Crippen LogP contribution in [0.5, 0.6) is 5.75 Å². The summed E-state index contributed by atoms with van der Waals surface area (Å²) in [6.45, 7) is 1.76. The number of ether oxygens (including phenoxy) is 1. The van der Waals surface area contributed by atoms with Crippen LogP contribution in [-0.4, -0.2) is 17.2 Å². The summed E-state index contributed by atoms with van der Waals surface area (Å²) in [6.07, 6.45) is 0. The normalized spacial score (nSPS) is 13.9. The monoisotopic (exact) mass is 317 g/mol. The molecule has 2 aromatic heterocycles. The molecule has 0 saturated heterocycles. The minimum atomic E-state index is -1.13. The number of aromatic nitrogens is 1. The minimum absolute atomic E-state index is 0.680. The zero-order valence-corrected chi connectivity index (χ0v) is 13.4. The van der Waals surface area contributed by atoms with Crippen molar-refractivity contribution >= 4 is 22.7 Å². The summed E-state index contributed by atoms with van der Waals surface area (Å²) in [4.78, 5) is 5.70. The molecule has 0 aliphatic heterocycles. The summed E-state index contributed by atoms with van der Waals surface area (Å²) in [5.74, 6) is 0.725. The van der Waals surface area contributed by atoms with Gasteiger partial charge in [0.15, 0.2) is 0 Å². The van der Waals surface area contributed by atoms with E-state index in [1.165, 1.54) is 11.3 Å². The molecular formula is C16H15NO2S2. The zero-order chi connectivity index (χ0) is 14.9. The van der Waals surface area contributed by atoms with Gasteiger partial charge in [-0.2, -0.15) is 0 Å². The molecule has 0 spiro atoms. The summed E-state index contributed by atoms with van der Waals surface area (Å²) < 4.78 is 5.22. The maximum Gasteiger partial charge on any atom is 0.138 e. The first-order chi connectivity index (χ1) is 10.1. The van der Waals surface area contributed by atoms with Crippen LogP contribution in [0.2, 0.25) is 0 Å². The van der Waals surface area contributed by atoms with E-state index >= 15 is 0 Å². The molecule has 1 atom stereocenters. The van der Waals surface area contributed by atoms with Gasteiger partial charge in [0.25, 0.3) is 0 Å². The van der Waals surface area contributed by atoms with Crippen LogP contribution in [0, 0.1) is 0 Å². The lowest BCUT2D eigenvalue weighted by Crippen LogP contribution is -2.22. The molecule has 0 aliphatic carbocycles. The Morgan fingerprint density at radius 2 is 2.05 bits per heavy atom. The standard InChI is InChI=1S/C16H15NO2S2/c1-16(18,11-5-3-6-12(9-11)19-2)15-17-13(10-21-15)14-7-4-8-20-14/h3-10,18H,1-2H3. The number of thiazole rings is 1. The predicted octanol–water partition coefficient (Wildman–Crippen LogP) is 4.14. The molecule has 3 rings (SSSR count). The van der Waals surface area contributed by atoms with Gasteiger partial charge < -0.3 is 9.84 Å². The Hall–Kier alpha value is -1.69. The van der Waals surface area contributed by atoms with Crippen molar-refractivity contribution in [2.75, 3.05) is 7.11 Å². The van der Waals surface area contributed by atoms with Crippen LogP contribution in [0.1, 0.15) is 17.5 Å². The molecule has 0 saturated carbocycles. The maximum absolute atomic E-state index is 10.9. The molecule has 1 unspecified atom stereocenters. The highest BCUT2D eigenvalue weighted by Gasteiger charge is 2.29. The van der Waals surface area contributed by atoms with Gasteiger partial charge in [0.1, 0.15) is 16.4 Å². The van der Waals surface area contributed by atoms with E-state index in [2.05, 4.69) is 4.98 Å². The third-order valence-corrected chi connectivity index (χ3v) is 5.27. The molecule has 2 heterocycles. The molecule has 0 radical (unpaired) electrons. The molecule has 1 aromatic carbocycles. The molecule has 0 fully saturated rings. The van der Waals surface area contributed by atoms with Crippen LogP contribution in [0.4, 0.5) is 0 Å².